The number of benzene rings is 1. The number of fused-ring (bicyclic) bond motifs is 3. The molecule has 0 unspecified atom stereocenters. The number of aldehydes is 1. The van der Waals surface area contributed by atoms with Gasteiger partial charge in [-0.1, -0.05) is 0 Å². The van der Waals surface area contributed by atoms with Gasteiger partial charge in [-0.25, -0.2) is 0 Å². The first kappa shape index (κ1) is 23.5. The van der Waals surface area contributed by atoms with Crippen molar-refractivity contribution in [1.29, 1.82) is 5.41 Å². The third-order valence-corrected chi connectivity index (χ3v) is 7.12. The van der Waals surface area contributed by atoms with Crippen LogP contribution in [0.3, 0.4) is 0 Å². The summed E-state index contributed by atoms with van der Waals surface area (Å²) in [6.07, 6.45) is 0.521. The summed E-state index contributed by atoms with van der Waals surface area (Å²) in [6.45, 7) is 0. The molecule has 0 bridgehead atoms. The van der Waals surface area contributed by atoms with Gasteiger partial charge in [-0.15, -0.1) is 0 Å². The second kappa shape index (κ2) is 7.67. The van der Waals surface area contributed by atoms with Crippen LogP contribution in [0.2, 0.25) is 0 Å². The standard InChI is InChI=1S/C23H25N3O8/c1-26(2)16-11-5-8-4-10-12(34-3)6-9(7-27)17(28)14(10)18(29)13(8)21(31)23(11,33)20(24)15(19(16)30)22(25)32/h6-8,11,16,24,28,30-31,33H,4-5H2,1-3H3,(H2,25,32)/t8-,11-,16-,23+/m0/s1. The van der Waals surface area contributed by atoms with Crippen molar-refractivity contribution >= 4 is 23.7 Å². The van der Waals surface area contributed by atoms with E-state index >= 15 is 0 Å². The maximum absolute atomic E-state index is 13.5. The quantitative estimate of drug-likeness (QED) is 0.337. The number of nitrogens with two attached hydrogens (primary N) is 1. The molecule has 180 valence electrons. The maximum Gasteiger partial charge on any atom is 0.254 e. The van der Waals surface area contributed by atoms with Crippen LogP contribution in [0.4, 0.5) is 0 Å². The Morgan fingerprint density at radius 2 is 1.97 bits per heavy atom. The van der Waals surface area contributed by atoms with Crippen LogP contribution in [0.1, 0.15) is 32.7 Å². The van der Waals surface area contributed by atoms with Crippen molar-refractivity contribution in [2.45, 2.75) is 24.5 Å². The molecule has 0 aromatic heterocycles. The lowest BCUT2D eigenvalue weighted by Crippen LogP contribution is -2.63. The average Bonchev–Trinajstić information content (AvgIpc) is 2.76. The van der Waals surface area contributed by atoms with E-state index in [2.05, 4.69) is 0 Å². The first-order valence-corrected chi connectivity index (χ1v) is 10.5. The zero-order valence-electron chi connectivity index (χ0n) is 18.7. The van der Waals surface area contributed by atoms with Crippen LogP contribution < -0.4 is 10.5 Å². The molecule has 11 nitrogen and oxygen atoms in total. The van der Waals surface area contributed by atoms with Crippen LogP contribution in [0.25, 0.3) is 0 Å². The molecular weight excluding hydrogens is 446 g/mol. The highest BCUT2D eigenvalue weighted by molar-refractivity contribution is 6.26. The van der Waals surface area contributed by atoms with E-state index in [-0.39, 0.29) is 35.3 Å². The van der Waals surface area contributed by atoms with Crippen LogP contribution in [-0.2, 0) is 11.2 Å². The molecule has 3 aliphatic rings. The third kappa shape index (κ3) is 2.83. The summed E-state index contributed by atoms with van der Waals surface area (Å²) in [5, 5.41) is 52.8. The molecule has 4 rings (SSSR count). The van der Waals surface area contributed by atoms with Crippen molar-refractivity contribution in [3.8, 4) is 11.5 Å². The summed E-state index contributed by atoms with van der Waals surface area (Å²) in [7, 11) is 4.54. The Kier molecular flexibility index (Phi) is 5.29. The van der Waals surface area contributed by atoms with Crippen LogP contribution in [0.15, 0.2) is 28.7 Å². The lowest BCUT2D eigenvalue weighted by Gasteiger charge is -2.51. The molecule has 1 aromatic carbocycles. The number of phenolic OH excluding ortho intramolecular Hbond substituents is 1. The van der Waals surface area contributed by atoms with Crippen LogP contribution in [0, 0.1) is 17.2 Å². The molecule has 0 heterocycles. The monoisotopic (exact) mass is 471 g/mol. The van der Waals surface area contributed by atoms with Crippen molar-refractivity contribution in [2.75, 3.05) is 21.2 Å². The van der Waals surface area contributed by atoms with Gasteiger partial charge in [-0.3, -0.25) is 19.3 Å². The zero-order valence-corrected chi connectivity index (χ0v) is 18.7. The Hall–Kier alpha value is -3.70. The Morgan fingerprint density at radius 1 is 1.32 bits per heavy atom. The highest BCUT2D eigenvalue weighted by atomic mass is 16.5. The number of hydrogen-bond donors (Lipinski definition) is 6. The molecule has 0 aliphatic heterocycles. The summed E-state index contributed by atoms with van der Waals surface area (Å²) in [6, 6.07) is 0.323. The molecule has 1 aromatic rings. The number of allylic oxidation sites excluding steroid dienone is 1. The van der Waals surface area contributed by atoms with Gasteiger partial charge in [0.2, 0.25) is 0 Å². The Bertz CT molecular complexity index is 1230. The number of primary amides is 1. The predicted octanol–water partition coefficient (Wildman–Crippen LogP) is 0.392. The summed E-state index contributed by atoms with van der Waals surface area (Å²) in [5.74, 6) is -5.38. The number of carbonyl (C=O) groups is 3. The number of methoxy groups -OCH3 is 1. The number of nitrogens with one attached hydrogen (secondary N) is 1. The van der Waals surface area contributed by atoms with Crippen molar-refractivity contribution in [3.63, 3.8) is 0 Å². The minimum absolute atomic E-state index is 0.0434. The number of carbonyl (C=O) groups excluding carboxylic acids is 3. The summed E-state index contributed by atoms with van der Waals surface area (Å²) in [5.41, 5.74) is 1.11. The number of Topliss-reactive ketones (excluding diaryl/α,β-unsaturated/α-hetero) is 1. The number of amides is 1. The minimum Gasteiger partial charge on any atom is -0.510 e. The number of ether oxygens (including phenoxy) is 1. The minimum atomic E-state index is -2.49. The molecule has 4 atom stereocenters. The molecule has 0 saturated carbocycles. The van der Waals surface area contributed by atoms with Gasteiger partial charge in [0.05, 0.1) is 30.0 Å². The van der Waals surface area contributed by atoms with E-state index in [4.69, 9.17) is 15.9 Å². The number of ketones is 1. The molecule has 7 N–H and O–H groups in total. The number of likely N-dealkylation sites (N-methyl/N-ethyl adjacent to an activating group) is 1. The molecule has 1 amide bonds. The van der Waals surface area contributed by atoms with Gasteiger partial charge in [0.25, 0.3) is 5.91 Å². The summed E-state index contributed by atoms with van der Waals surface area (Å²) >= 11 is 0. The first-order valence-electron chi connectivity index (χ1n) is 10.5. The highest BCUT2D eigenvalue weighted by Crippen LogP contribution is 2.53. The number of aliphatic hydroxyl groups is 3. The lowest BCUT2D eigenvalue weighted by atomic mass is 9.58. The molecule has 0 radical (unpaired) electrons. The number of nitrogens with zero attached hydrogens (tertiary/aromatic N) is 1. The molecule has 11 heteroatoms. The van der Waals surface area contributed by atoms with E-state index in [1.54, 1.807) is 14.1 Å². The normalized spacial score (nSPS) is 28.4. The first-order chi connectivity index (χ1) is 15.9. The molecule has 3 aliphatic carbocycles. The fraction of sp³-hybridized carbons (Fsp3) is 0.391. The number of aromatic hydroxyl groups is 1. The van der Waals surface area contributed by atoms with E-state index in [9.17, 15) is 34.8 Å². The predicted molar refractivity (Wildman–Crippen MR) is 118 cm³/mol. The Morgan fingerprint density at radius 3 is 2.50 bits per heavy atom. The smallest absolute Gasteiger partial charge is 0.254 e. The Balaban J connectivity index is 2.00. The maximum atomic E-state index is 13.5. The van der Waals surface area contributed by atoms with Crippen LogP contribution >= 0.6 is 0 Å². The second-order valence-electron chi connectivity index (χ2n) is 9.00. The average molecular weight is 471 g/mol. The topological polar surface area (TPSA) is 194 Å². The van der Waals surface area contributed by atoms with E-state index in [0.717, 1.165) is 0 Å². The van der Waals surface area contributed by atoms with E-state index in [1.807, 2.05) is 0 Å². The largest absolute Gasteiger partial charge is 0.510 e. The van der Waals surface area contributed by atoms with Gasteiger partial charge in [0, 0.05) is 17.1 Å². The number of rotatable bonds is 4. The number of phenols is 1. The molecular formula is C23H25N3O8. The van der Waals surface area contributed by atoms with Crippen molar-refractivity contribution < 1.29 is 39.5 Å². The fourth-order valence-corrected chi connectivity index (χ4v) is 5.63. The van der Waals surface area contributed by atoms with Gasteiger partial charge in [-0.2, -0.15) is 0 Å². The van der Waals surface area contributed by atoms with Gasteiger partial charge in [0.15, 0.2) is 17.7 Å². The fourth-order valence-electron chi connectivity index (χ4n) is 5.63. The van der Waals surface area contributed by atoms with E-state index < -0.39 is 63.7 Å². The lowest BCUT2D eigenvalue weighted by molar-refractivity contribution is -0.114. The van der Waals surface area contributed by atoms with E-state index in [1.165, 1.54) is 18.1 Å². The summed E-state index contributed by atoms with van der Waals surface area (Å²) < 4.78 is 5.33. The van der Waals surface area contributed by atoms with Crippen molar-refractivity contribution in [1.82, 2.24) is 4.90 Å². The third-order valence-electron chi connectivity index (χ3n) is 7.12. The van der Waals surface area contributed by atoms with E-state index in [0.29, 0.717) is 11.8 Å². The second-order valence-corrected chi connectivity index (χ2v) is 9.00. The molecule has 34 heavy (non-hydrogen) atoms. The molecule has 0 spiro atoms. The van der Waals surface area contributed by atoms with Gasteiger partial charge in [0.1, 0.15) is 28.6 Å². The van der Waals surface area contributed by atoms with Crippen LogP contribution in [0.5, 0.6) is 11.5 Å². The zero-order chi connectivity index (χ0) is 25.3. The molecule has 0 saturated heterocycles. The number of aliphatic hydroxyl groups excluding tert-OH is 2. The van der Waals surface area contributed by atoms with Crippen molar-refractivity contribution in [3.05, 3.63) is 45.4 Å². The van der Waals surface area contributed by atoms with Crippen LogP contribution in [-0.4, -0.2) is 81.9 Å². The van der Waals surface area contributed by atoms with Gasteiger partial charge < -0.3 is 36.3 Å². The SMILES string of the molecule is COc1cc(C=O)c(O)c2c1C[C@H]1C[C@H]3[C@H](N(C)C)C(O)=C(C(N)=O)C(=N)[C@@]3(O)C(O)=C1C2=O. The molecule has 0 fully saturated rings. The number of hydrogen-bond acceptors (Lipinski definition) is 10. The highest BCUT2D eigenvalue weighted by Gasteiger charge is 2.61. The van der Waals surface area contributed by atoms with Crippen molar-refractivity contribution in [2.24, 2.45) is 17.6 Å². The van der Waals surface area contributed by atoms with Gasteiger partial charge >= 0.3 is 0 Å². The Labute approximate surface area is 194 Å². The summed E-state index contributed by atoms with van der Waals surface area (Å²) in [4.78, 5) is 38.5. The van der Waals surface area contributed by atoms with Gasteiger partial charge in [-0.05, 0) is 38.9 Å².